The Kier molecular flexibility index (Phi) is 3.01. The van der Waals surface area contributed by atoms with Gasteiger partial charge in [-0.25, -0.2) is 0 Å². The van der Waals surface area contributed by atoms with E-state index in [0.717, 1.165) is 12.1 Å². The topological polar surface area (TPSA) is 106 Å². The Labute approximate surface area is 102 Å². The molecule has 2 aromatic rings. The van der Waals surface area contributed by atoms with Gasteiger partial charge in [-0.3, -0.25) is 0 Å². The van der Waals surface area contributed by atoms with Gasteiger partial charge < -0.3 is 20.4 Å². The third kappa shape index (κ3) is 2.67. The summed E-state index contributed by atoms with van der Waals surface area (Å²) in [5.41, 5.74) is 0.399. The average Bonchev–Trinajstić information content (AvgIpc) is 2.26. The van der Waals surface area contributed by atoms with E-state index in [0.29, 0.717) is 0 Å². The van der Waals surface area contributed by atoms with E-state index in [4.69, 9.17) is 5.11 Å². The van der Waals surface area contributed by atoms with Crippen molar-refractivity contribution in [3.63, 3.8) is 0 Å². The first-order valence-corrected chi connectivity index (χ1v) is 5.01. The highest BCUT2D eigenvalue weighted by Gasteiger charge is 2.02. The monoisotopic (exact) mass is 246 g/mol. The van der Waals surface area contributed by atoms with Crippen LogP contribution >= 0.6 is 0 Å². The Morgan fingerprint density at radius 2 is 1.33 bits per heavy atom. The van der Waals surface area contributed by atoms with Crippen LogP contribution in [0.4, 0.5) is 11.4 Å². The molecule has 4 N–H and O–H groups in total. The van der Waals surface area contributed by atoms with Crippen LogP contribution < -0.4 is 0 Å². The Balaban J connectivity index is 2.29. The highest BCUT2D eigenvalue weighted by atomic mass is 16.3. The summed E-state index contributed by atoms with van der Waals surface area (Å²) in [5, 5.41) is 44.5. The highest BCUT2D eigenvalue weighted by molar-refractivity contribution is 5.54. The number of phenolic OH excluding ortho intramolecular Hbond substituents is 4. The summed E-state index contributed by atoms with van der Waals surface area (Å²) in [5.74, 6) is -0.581. The van der Waals surface area contributed by atoms with Crippen LogP contribution in [0.2, 0.25) is 0 Å². The Morgan fingerprint density at radius 3 is 1.94 bits per heavy atom. The molecule has 0 aromatic heterocycles. The van der Waals surface area contributed by atoms with Gasteiger partial charge in [0, 0.05) is 24.3 Å². The molecule has 0 saturated carbocycles. The van der Waals surface area contributed by atoms with E-state index in [1.54, 1.807) is 0 Å². The van der Waals surface area contributed by atoms with Crippen LogP contribution in [0.1, 0.15) is 0 Å². The lowest BCUT2D eigenvalue weighted by Gasteiger charge is -1.99. The van der Waals surface area contributed by atoms with Crippen molar-refractivity contribution in [1.82, 2.24) is 0 Å². The van der Waals surface area contributed by atoms with Gasteiger partial charge >= 0.3 is 0 Å². The van der Waals surface area contributed by atoms with Gasteiger partial charge in [0.1, 0.15) is 28.7 Å². The number of phenols is 4. The molecule has 6 heteroatoms. The Bertz CT molecular complexity index is 591. The van der Waals surface area contributed by atoms with E-state index in [9.17, 15) is 15.3 Å². The first kappa shape index (κ1) is 11.7. The van der Waals surface area contributed by atoms with Crippen LogP contribution in [0.3, 0.4) is 0 Å². The minimum absolute atomic E-state index is 0.0820. The summed E-state index contributed by atoms with van der Waals surface area (Å²) in [7, 11) is 0. The van der Waals surface area contributed by atoms with Gasteiger partial charge in [0.25, 0.3) is 0 Å². The Morgan fingerprint density at radius 1 is 0.667 bits per heavy atom. The molecule has 0 radical (unpaired) electrons. The van der Waals surface area contributed by atoms with Crippen LogP contribution in [-0.2, 0) is 0 Å². The summed E-state index contributed by atoms with van der Waals surface area (Å²) in [4.78, 5) is 0. The molecule has 0 aliphatic carbocycles. The average molecular weight is 246 g/mol. The zero-order valence-electron chi connectivity index (χ0n) is 9.15. The predicted molar refractivity (Wildman–Crippen MR) is 63.7 cm³/mol. The lowest BCUT2D eigenvalue weighted by Crippen LogP contribution is -1.70. The SMILES string of the molecule is Oc1cc(O)cc(N=Nc2ccc(O)cc2O)c1. The molecule has 0 fully saturated rings. The molecular weight excluding hydrogens is 236 g/mol. The number of aromatic hydroxyl groups is 4. The number of benzene rings is 2. The normalized spacial score (nSPS) is 10.9. The van der Waals surface area contributed by atoms with Gasteiger partial charge in [-0.15, -0.1) is 5.11 Å². The highest BCUT2D eigenvalue weighted by Crippen LogP contribution is 2.32. The van der Waals surface area contributed by atoms with Gasteiger partial charge in [0.15, 0.2) is 0 Å². The van der Waals surface area contributed by atoms with Crippen molar-refractivity contribution >= 4 is 11.4 Å². The quantitative estimate of drug-likeness (QED) is 0.611. The van der Waals surface area contributed by atoms with Crippen molar-refractivity contribution in [2.45, 2.75) is 0 Å². The van der Waals surface area contributed by atoms with Crippen LogP contribution in [0.15, 0.2) is 46.6 Å². The van der Waals surface area contributed by atoms with Crippen molar-refractivity contribution in [1.29, 1.82) is 0 Å². The van der Waals surface area contributed by atoms with Crippen LogP contribution in [0, 0.1) is 0 Å². The Hall–Kier alpha value is -2.76. The number of azo groups is 1. The fourth-order valence-corrected chi connectivity index (χ4v) is 1.35. The van der Waals surface area contributed by atoms with Crippen LogP contribution in [0.5, 0.6) is 23.0 Å². The summed E-state index contributed by atoms with van der Waals surface area (Å²) in [6.45, 7) is 0. The molecule has 92 valence electrons. The number of hydrogen-bond donors (Lipinski definition) is 4. The number of nitrogens with zero attached hydrogens (tertiary/aromatic N) is 2. The molecular formula is C12H10N2O4. The zero-order valence-corrected chi connectivity index (χ0v) is 9.15. The lowest BCUT2D eigenvalue weighted by molar-refractivity contribution is 0.450. The van der Waals surface area contributed by atoms with Gasteiger partial charge in [0.05, 0.1) is 5.69 Å². The summed E-state index contributed by atoms with van der Waals surface area (Å²) >= 11 is 0. The first-order chi connectivity index (χ1) is 8.54. The fourth-order valence-electron chi connectivity index (χ4n) is 1.35. The molecule has 0 amide bonds. The van der Waals surface area contributed by atoms with E-state index in [1.165, 1.54) is 24.3 Å². The van der Waals surface area contributed by atoms with Crippen molar-refractivity contribution in [2.24, 2.45) is 10.2 Å². The second-order valence-electron chi connectivity index (χ2n) is 3.58. The van der Waals surface area contributed by atoms with E-state index in [-0.39, 0.29) is 34.4 Å². The van der Waals surface area contributed by atoms with Gasteiger partial charge in [-0.2, -0.15) is 5.11 Å². The maximum Gasteiger partial charge on any atom is 0.146 e. The molecule has 0 spiro atoms. The largest absolute Gasteiger partial charge is 0.508 e. The molecule has 0 heterocycles. The molecule has 18 heavy (non-hydrogen) atoms. The summed E-state index contributed by atoms with van der Waals surface area (Å²) in [6, 6.07) is 7.65. The molecule has 0 aliphatic heterocycles. The van der Waals surface area contributed by atoms with E-state index >= 15 is 0 Å². The van der Waals surface area contributed by atoms with E-state index < -0.39 is 0 Å². The van der Waals surface area contributed by atoms with Gasteiger partial charge in [0.2, 0.25) is 0 Å². The molecule has 0 atom stereocenters. The molecule has 0 unspecified atom stereocenters. The lowest BCUT2D eigenvalue weighted by atomic mass is 10.3. The second kappa shape index (κ2) is 4.62. The minimum atomic E-state index is -0.219. The van der Waals surface area contributed by atoms with Crippen molar-refractivity contribution in [3.8, 4) is 23.0 Å². The maximum absolute atomic E-state index is 9.47. The summed E-state index contributed by atoms with van der Waals surface area (Å²) < 4.78 is 0. The standard InChI is InChI=1S/C12H10N2O4/c15-8-1-2-11(12(18)6-8)14-13-7-3-9(16)5-10(17)4-7/h1-6,15-18H. The maximum atomic E-state index is 9.47. The van der Waals surface area contributed by atoms with Crippen molar-refractivity contribution < 1.29 is 20.4 Å². The van der Waals surface area contributed by atoms with Crippen LogP contribution in [-0.4, -0.2) is 20.4 Å². The van der Waals surface area contributed by atoms with Gasteiger partial charge in [-0.05, 0) is 12.1 Å². The third-order valence-electron chi connectivity index (χ3n) is 2.12. The zero-order chi connectivity index (χ0) is 13.1. The fraction of sp³-hybridized carbons (Fsp3) is 0. The molecule has 0 saturated heterocycles. The molecule has 6 nitrogen and oxygen atoms in total. The van der Waals surface area contributed by atoms with Crippen molar-refractivity contribution in [3.05, 3.63) is 36.4 Å². The number of hydrogen-bond acceptors (Lipinski definition) is 6. The second-order valence-corrected chi connectivity index (χ2v) is 3.58. The van der Waals surface area contributed by atoms with Crippen molar-refractivity contribution in [2.75, 3.05) is 0 Å². The predicted octanol–water partition coefficient (Wildman–Crippen LogP) is 2.92. The van der Waals surface area contributed by atoms with Gasteiger partial charge in [-0.1, -0.05) is 0 Å². The third-order valence-corrected chi connectivity index (χ3v) is 2.12. The number of rotatable bonds is 2. The first-order valence-electron chi connectivity index (χ1n) is 5.01. The summed E-state index contributed by atoms with van der Waals surface area (Å²) in [6.07, 6.45) is 0. The smallest absolute Gasteiger partial charge is 0.146 e. The van der Waals surface area contributed by atoms with Crippen LogP contribution in [0.25, 0.3) is 0 Å². The molecule has 2 rings (SSSR count). The van der Waals surface area contributed by atoms with E-state index in [2.05, 4.69) is 10.2 Å². The minimum Gasteiger partial charge on any atom is -0.508 e. The molecule has 0 aliphatic rings. The van der Waals surface area contributed by atoms with E-state index in [1.807, 2.05) is 0 Å². The molecule has 0 bridgehead atoms. The molecule has 2 aromatic carbocycles.